The fourth-order valence-electron chi connectivity index (χ4n) is 2.54. The van der Waals surface area contributed by atoms with E-state index in [2.05, 4.69) is 26.0 Å². The maximum Gasteiger partial charge on any atom is 0.334 e. The molecule has 0 bridgehead atoms. The SMILES string of the molecule is COC1=CC(=O)OC(CCc2cc(C)c(C)c(OC)c2)C1. The Kier molecular flexibility index (Phi) is 4.89. The topological polar surface area (TPSA) is 44.8 Å². The third kappa shape index (κ3) is 3.78. The molecule has 0 amide bonds. The molecule has 1 atom stereocenters. The summed E-state index contributed by atoms with van der Waals surface area (Å²) in [5, 5.41) is 0. The molecule has 0 N–H and O–H groups in total. The van der Waals surface area contributed by atoms with Gasteiger partial charge in [-0.2, -0.15) is 0 Å². The Bertz CT molecular complexity index is 560. The van der Waals surface area contributed by atoms with Gasteiger partial charge in [-0.1, -0.05) is 6.07 Å². The largest absolute Gasteiger partial charge is 0.501 e. The minimum Gasteiger partial charge on any atom is -0.501 e. The first-order chi connectivity index (χ1) is 10.0. The highest BCUT2D eigenvalue weighted by atomic mass is 16.5. The van der Waals surface area contributed by atoms with Gasteiger partial charge in [0, 0.05) is 6.42 Å². The van der Waals surface area contributed by atoms with E-state index >= 15 is 0 Å². The van der Waals surface area contributed by atoms with Gasteiger partial charge in [-0.25, -0.2) is 4.79 Å². The van der Waals surface area contributed by atoms with Crippen molar-refractivity contribution in [2.75, 3.05) is 14.2 Å². The predicted molar refractivity (Wildman–Crippen MR) is 80.4 cm³/mol. The van der Waals surface area contributed by atoms with E-state index in [1.165, 1.54) is 17.2 Å². The summed E-state index contributed by atoms with van der Waals surface area (Å²) in [7, 11) is 3.26. The molecule has 0 aromatic heterocycles. The summed E-state index contributed by atoms with van der Waals surface area (Å²) in [6.45, 7) is 4.13. The van der Waals surface area contributed by atoms with Crippen molar-refractivity contribution in [3.63, 3.8) is 0 Å². The number of rotatable bonds is 5. The van der Waals surface area contributed by atoms with Gasteiger partial charge in [-0.05, 0) is 49.4 Å². The van der Waals surface area contributed by atoms with E-state index < -0.39 is 0 Å². The van der Waals surface area contributed by atoms with Crippen LogP contribution < -0.4 is 4.74 Å². The van der Waals surface area contributed by atoms with E-state index in [-0.39, 0.29) is 12.1 Å². The van der Waals surface area contributed by atoms with Crippen molar-refractivity contribution in [3.8, 4) is 5.75 Å². The van der Waals surface area contributed by atoms with Gasteiger partial charge in [-0.15, -0.1) is 0 Å². The molecule has 1 aliphatic rings. The molecule has 1 aromatic rings. The minimum atomic E-state index is -0.319. The molecule has 1 unspecified atom stereocenters. The van der Waals surface area contributed by atoms with Gasteiger partial charge in [0.1, 0.15) is 17.6 Å². The van der Waals surface area contributed by atoms with Crippen LogP contribution >= 0.6 is 0 Å². The van der Waals surface area contributed by atoms with Crippen molar-refractivity contribution >= 4 is 5.97 Å². The number of hydrogen-bond donors (Lipinski definition) is 0. The van der Waals surface area contributed by atoms with Crippen LogP contribution in [0.4, 0.5) is 0 Å². The van der Waals surface area contributed by atoms with E-state index in [1.807, 2.05) is 0 Å². The fraction of sp³-hybridized carbons (Fsp3) is 0.471. The van der Waals surface area contributed by atoms with Crippen LogP contribution in [-0.2, 0) is 20.7 Å². The second-order valence-corrected chi connectivity index (χ2v) is 5.36. The van der Waals surface area contributed by atoms with E-state index in [0.717, 1.165) is 24.2 Å². The number of carbonyl (C=O) groups is 1. The van der Waals surface area contributed by atoms with Gasteiger partial charge in [0.2, 0.25) is 0 Å². The summed E-state index contributed by atoms with van der Waals surface area (Å²) in [4.78, 5) is 11.5. The van der Waals surface area contributed by atoms with Crippen LogP contribution in [0.2, 0.25) is 0 Å². The third-order valence-corrected chi connectivity index (χ3v) is 3.91. The first kappa shape index (κ1) is 15.4. The average Bonchev–Trinajstić information content (AvgIpc) is 2.47. The number of ether oxygens (including phenoxy) is 3. The normalized spacial score (nSPS) is 18.0. The molecule has 4 heteroatoms. The summed E-state index contributed by atoms with van der Waals surface area (Å²) >= 11 is 0. The maximum atomic E-state index is 11.5. The quantitative estimate of drug-likeness (QED) is 0.782. The number of aryl methyl sites for hydroxylation is 2. The van der Waals surface area contributed by atoms with Crippen molar-refractivity contribution < 1.29 is 19.0 Å². The molecule has 114 valence electrons. The highest BCUT2D eigenvalue weighted by Gasteiger charge is 2.22. The molecule has 0 saturated carbocycles. The zero-order valence-electron chi connectivity index (χ0n) is 13.1. The van der Waals surface area contributed by atoms with Crippen LogP contribution in [0.1, 0.15) is 29.5 Å². The lowest BCUT2D eigenvalue weighted by atomic mass is 9.99. The number of methoxy groups -OCH3 is 2. The van der Waals surface area contributed by atoms with Crippen molar-refractivity contribution in [2.24, 2.45) is 0 Å². The molecule has 0 spiro atoms. The standard InChI is InChI=1S/C17H22O4/c1-11-7-13(8-16(20-4)12(11)2)5-6-14-9-15(19-3)10-17(18)21-14/h7-8,10,14H,5-6,9H2,1-4H3. The first-order valence-electron chi connectivity index (χ1n) is 7.12. The second kappa shape index (κ2) is 6.66. The number of esters is 1. The second-order valence-electron chi connectivity index (χ2n) is 5.36. The van der Waals surface area contributed by atoms with Crippen LogP contribution in [0.3, 0.4) is 0 Å². The third-order valence-electron chi connectivity index (χ3n) is 3.91. The van der Waals surface area contributed by atoms with Gasteiger partial charge >= 0.3 is 5.97 Å². The van der Waals surface area contributed by atoms with E-state index in [9.17, 15) is 4.79 Å². The number of hydrogen-bond acceptors (Lipinski definition) is 4. The molecule has 0 radical (unpaired) electrons. The molecule has 1 aromatic carbocycles. The highest BCUT2D eigenvalue weighted by molar-refractivity contribution is 5.83. The highest BCUT2D eigenvalue weighted by Crippen LogP contribution is 2.26. The lowest BCUT2D eigenvalue weighted by Crippen LogP contribution is -2.23. The van der Waals surface area contributed by atoms with Crippen molar-refractivity contribution in [1.82, 2.24) is 0 Å². The fourth-order valence-corrected chi connectivity index (χ4v) is 2.54. The summed E-state index contributed by atoms with van der Waals surface area (Å²) in [6, 6.07) is 4.22. The molecule has 1 aliphatic heterocycles. The van der Waals surface area contributed by atoms with Gasteiger partial charge in [-0.3, -0.25) is 0 Å². The summed E-state index contributed by atoms with van der Waals surface area (Å²) in [6.07, 6.45) is 3.55. The average molecular weight is 290 g/mol. The van der Waals surface area contributed by atoms with Gasteiger partial charge < -0.3 is 14.2 Å². The zero-order valence-corrected chi connectivity index (χ0v) is 13.1. The van der Waals surface area contributed by atoms with Gasteiger partial charge in [0.15, 0.2) is 0 Å². The first-order valence-corrected chi connectivity index (χ1v) is 7.12. The smallest absolute Gasteiger partial charge is 0.334 e. The van der Waals surface area contributed by atoms with Crippen LogP contribution in [0.5, 0.6) is 5.75 Å². The molecule has 21 heavy (non-hydrogen) atoms. The molecule has 0 fully saturated rings. The number of benzene rings is 1. The van der Waals surface area contributed by atoms with Gasteiger partial charge in [0.05, 0.1) is 20.3 Å². The Morgan fingerprint density at radius 1 is 1.24 bits per heavy atom. The Labute approximate surface area is 125 Å². The van der Waals surface area contributed by atoms with E-state index in [4.69, 9.17) is 14.2 Å². The molecule has 0 aliphatic carbocycles. The van der Waals surface area contributed by atoms with E-state index in [0.29, 0.717) is 12.2 Å². The van der Waals surface area contributed by atoms with Crippen molar-refractivity contribution in [2.45, 2.75) is 39.2 Å². The Morgan fingerprint density at radius 3 is 2.67 bits per heavy atom. The van der Waals surface area contributed by atoms with Crippen molar-refractivity contribution in [1.29, 1.82) is 0 Å². The van der Waals surface area contributed by atoms with E-state index in [1.54, 1.807) is 14.2 Å². The lowest BCUT2D eigenvalue weighted by Gasteiger charge is -2.22. The molecule has 1 heterocycles. The monoisotopic (exact) mass is 290 g/mol. The van der Waals surface area contributed by atoms with Crippen LogP contribution in [0.25, 0.3) is 0 Å². The molecular weight excluding hydrogens is 268 g/mol. The predicted octanol–water partition coefficient (Wildman–Crippen LogP) is 3.09. The molecule has 4 nitrogen and oxygen atoms in total. The van der Waals surface area contributed by atoms with Crippen molar-refractivity contribution in [3.05, 3.63) is 40.7 Å². The zero-order chi connectivity index (χ0) is 15.4. The Hall–Kier alpha value is -1.97. The summed E-state index contributed by atoms with van der Waals surface area (Å²) < 4.78 is 15.9. The molecule has 0 saturated heterocycles. The van der Waals surface area contributed by atoms with Gasteiger partial charge in [0.25, 0.3) is 0 Å². The Balaban J connectivity index is 2.02. The maximum absolute atomic E-state index is 11.5. The molecular formula is C17H22O4. The Morgan fingerprint density at radius 2 is 2.00 bits per heavy atom. The number of carbonyl (C=O) groups excluding carboxylic acids is 1. The van der Waals surface area contributed by atoms with Crippen LogP contribution in [0.15, 0.2) is 24.0 Å². The van der Waals surface area contributed by atoms with Crippen LogP contribution in [-0.4, -0.2) is 26.3 Å². The molecule has 2 rings (SSSR count). The summed E-state index contributed by atoms with van der Waals surface area (Å²) in [5.74, 6) is 1.28. The van der Waals surface area contributed by atoms with Crippen LogP contribution in [0, 0.1) is 13.8 Å². The number of cyclic esters (lactones) is 1. The lowest BCUT2D eigenvalue weighted by molar-refractivity contribution is -0.145. The summed E-state index contributed by atoms with van der Waals surface area (Å²) in [5.41, 5.74) is 3.57. The minimum absolute atomic E-state index is 0.120.